The highest BCUT2D eigenvalue weighted by Crippen LogP contribution is 2.29. The van der Waals surface area contributed by atoms with E-state index in [1.165, 1.54) is 17.4 Å². The number of halogens is 3. The Morgan fingerprint density at radius 2 is 2.00 bits per heavy atom. The number of thiazole rings is 1. The average molecular weight is 317 g/mol. The van der Waals surface area contributed by atoms with E-state index in [0.717, 1.165) is 5.01 Å². The molecule has 21 heavy (non-hydrogen) atoms. The molecule has 1 unspecified atom stereocenters. The Balaban J connectivity index is 2.27. The number of nitrogens with zero attached hydrogens (tertiary/aromatic N) is 3. The Hall–Kier alpha value is -1.90. The molecule has 2 aromatic rings. The molecule has 2 aromatic heterocycles. The average Bonchev–Trinajstić information content (AvgIpc) is 2.91. The SMILES string of the molecule is CCNc1cc(NC(C)c2nccs2)nc(C(F)(F)F)n1. The van der Waals surface area contributed by atoms with Crippen molar-refractivity contribution >= 4 is 23.0 Å². The third kappa shape index (κ3) is 4.03. The highest BCUT2D eigenvalue weighted by atomic mass is 32.1. The van der Waals surface area contributed by atoms with Crippen LogP contribution in [0.25, 0.3) is 0 Å². The second-order valence-corrected chi connectivity index (χ2v) is 5.15. The van der Waals surface area contributed by atoms with E-state index in [2.05, 4.69) is 25.6 Å². The number of nitrogens with one attached hydrogen (secondary N) is 2. The predicted octanol–water partition coefficient (Wildman–Crippen LogP) is 3.56. The lowest BCUT2D eigenvalue weighted by Crippen LogP contribution is -2.16. The Morgan fingerprint density at radius 3 is 2.57 bits per heavy atom. The molecule has 2 heterocycles. The van der Waals surface area contributed by atoms with Crippen LogP contribution in [-0.4, -0.2) is 21.5 Å². The monoisotopic (exact) mass is 317 g/mol. The molecule has 114 valence electrons. The van der Waals surface area contributed by atoms with Crippen LogP contribution in [0.15, 0.2) is 17.6 Å². The van der Waals surface area contributed by atoms with E-state index in [0.29, 0.717) is 6.54 Å². The van der Waals surface area contributed by atoms with E-state index < -0.39 is 12.0 Å². The first-order valence-electron chi connectivity index (χ1n) is 6.26. The van der Waals surface area contributed by atoms with Crippen molar-refractivity contribution in [2.24, 2.45) is 0 Å². The minimum atomic E-state index is -4.59. The molecule has 0 aliphatic heterocycles. The summed E-state index contributed by atoms with van der Waals surface area (Å²) in [5.74, 6) is -0.931. The number of hydrogen-bond donors (Lipinski definition) is 2. The van der Waals surface area contributed by atoms with Gasteiger partial charge in [-0.15, -0.1) is 11.3 Å². The van der Waals surface area contributed by atoms with Gasteiger partial charge >= 0.3 is 6.18 Å². The number of aromatic nitrogens is 3. The molecule has 0 aromatic carbocycles. The summed E-state index contributed by atoms with van der Waals surface area (Å²) in [7, 11) is 0. The van der Waals surface area contributed by atoms with E-state index in [9.17, 15) is 13.2 Å². The first kappa shape index (κ1) is 15.5. The van der Waals surface area contributed by atoms with E-state index in [1.54, 1.807) is 25.4 Å². The lowest BCUT2D eigenvalue weighted by molar-refractivity contribution is -0.144. The zero-order valence-corrected chi connectivity index (χ0v) is 12.2. The Morgan fingerprint density at radius 1 is 1.29 bits per heavy atom. The zero-order valence-electron chi connectivity index (χ0n) is 11.4. The molecule has 0 amide bonds. The highest BCUT2D eigenvalue weighted by molar-refractivity contribution is 7.09. The van der Waals surface area contributed by atoms with Gasteiger partial charge in [-0.25, -0.2) is 15.0 Å². The summed E-state index contributed by atoms with van der Waals surface area (Å²) in [4.78, 5) is 11.1. The topological polar surface area (TPSA) is 62.7 Å². The van der Waals surface area contributed by atoms with Gasteiger partial charge in [0.1, 0.15) is 16.6 Å². The lowest BCUT2D eigenvalue weighted by Gasteiger charge is -2.15. The molecular formula is C12H14F3N5S. The van der Waals surface area contributed by atoms with Crippen molar-refractivity contribution in [3.63, 3.8) is 0 Å². The first-order chi connectivity index (χ1) is 9.90. The van der Waals surface area contributed by atoms with Crippen molar-refractivity contribution in [3.05, 3.63) is 28.5 Å². The van der Waals surface area contributed by atoms with Crippen LogP contribution < -0.4 is 10.6 Å². The molecule has 0 fully saturated rings. The maximum absolute atomic E-state index is 12.8. The fraction of sp³-hybridized carbons (Fsp3) is 0.417. The molecule has 0 saturated heterocycles. The second-order valence-electron chi connectivity index (χ2n) is 4.23. The molecule has 0 saturated carbocycles. The van der Waals surface area contributed by atoms with Crippen LogP contribution in [0.2, 0.25) is 0 Å². The molecule has 1 atom stereocenters. The molecule has 2 N–H and O–H groups in total. The van der Waals surface area contributed by atoms with Crippen molar-refractivity contribution in [1.82, 2.24) is 15.0 Å². The fourth-order valence-corrected chi connectivity index (χ4v) is 2.30. The Kier molecular flexibility index (Phi) is 4.61. The highest BCUT2D eigenvalue weighted by Gasteiger charge is 2.35. The van der Waals surface area contributed by atoms with E-state index >= 15 is 0 Å². The normalized spacial score (nSPS) is 13.0. The summed E-state index contributed by atoms with van der Waals surface area (Å²) in [6.45, 7) is 4.05. The minimum Gasteiger partial charge on any atom is -0.370 e. The minimum absolute atomic E-state index is 0.107. The quantitative estimate of drug-likeness (QED) is 0.883. The standard InChI is InChI=1S/C12H14F3N5S/c1-3-16-8-6-9(20-11(19-8)12(13,14)15)18-7(2)10-17-4-5-21-10/h4-7H,3H2,1-2H3,(H2,16,18,19,20). The van der Waals surface area contributed by atoms with Crippen LogP contribution >= 0.6 is 11.3 Å². The van der Waals surface area contributed by atoms with Gasteiger partial charge < -0.3 is 10.6 Å². The fourth-order valence-electron chi connectivity index (χ4n) is 1.65. The van der Waals surface area contributed by atoms with E-state index in [1.807, 2.05) is 0 Å². The van der Waals surface area contributed by atoms with Crippen molar-refractivity contribution in [2.75, 3.05) is 17.2 Å². The zero-order chi connectivity index (χ0) is 15.5. The van der Waals surface area contributed by atoms with Gasteiger partial charge in [0.15, 0.2) is 0 Å². The van der Waals surface area contributed by atoms with Crippen LogP contribution in [0.3, 0.4) is 0 Å². The summed E-state index contributed by atoms with van der Waals surface area (Å²) in [6, 6.07) is 1.21. The van der Waals surface area contributed by atoms with Gasteiger partial charge in [-0.2, -0.15) is 13.2 Å². The van der Waals surface area contributed by atoms with Gasteiger partial charge in [-0.1, -0.05) is 0 Å². The number of anilines is 2. The second kappa shape index (κ2) is 6.25. The number of hydrogen-bond acceptors (Lipinski definition) is 6. The molecule has 0 aliphatic rings. The third-order valence-electron chi connectivity index (χ3n) is 2.52. The third-order valence-corrected chi connectivity index (χ3v) is 3.48. The van der Waals surface area contributed by atoms with Gasteiger partial charge in [0.2, 0.25) is 5.82 Å². The predicted molar refractivity (Wildman–Crippen MR) is 75.3 cm³/mol. The van der Waals surface area contributed by atoms with Crippen molar-refractivity contribution < 1.29 is 13.2 Å². The van der Waals surface area contributed by atoms with Crippen molar-refractivity contribution in [3.8, 4) is 0 Å². The van der Waals surface area contributed by atoms with Gasteiger partial charge in [0.25, 0.3) is 0 Å². The van der Waals surface area contributed by atoms with Crippen molar-refractivity contribution in [1.29, 1.82) is 0 Å². The smallest absolute Gasteiger partial charge is 0.370 e. The molecule has 0 aliphatic carbocycles. The summed E-state index contributed by atoms with van der Waals surface area (Å²) in [6.07, 6.45) is -2.95. The van der Waals surface area contributed by atoms with E-state index in [4.69, 9.17) is 0 Å². The molecule has 0 radical (unpaired) electrons. The number of alkyl halides is 3. The van der Waals surface area contributed by atoms with Crippen LogP contribution in [0.5, 0.6) is 0 Å². The maximum atomic E-state index is 12.8. The summed E-state index contributed by atoms with van der Waals surface area (Å²) in [5.41, 5.74) is 0. The van der Waals surface area contributed by atoms with Crippen LogP contribution in [0, 0.1) is 0 Å². The molecule has 9 heteroatoms. The van der Waals surface area contributed by atoms with Crippen LogP contribution in [0.1, 0.15) is 30.7 Å². The molecule has 2 rings (SSSR count). The number of rotatable bonds is 5. The van der Waals surface area contributed by atoms with Crippen molar-refractivity contribution in [2.45, 2.75) is 26.1 Å². The summed E-state index contributed by atoms with van der Waals surface area (Å²) < 4.78 is 38.4. The lowest BCUT2D eigenvalue weighted by atomic mass is 10.3. The van der Waals surface area contributed by atoms with Crippen LogP contribution in [-0.2, 0) is 6.18 Å². The summed E-state index contributed by atoms with van der Waals surface area (Å²) in [5, 5.41) is 8.25. The largest absolute Gasteiger partial charge is 0.451 e. The van der Waals surface area contributed by atoms with Gasteiger partial charge in [0, 0.05) is 24.2 Å². The van der Waals surface area contributed by atoms with Gasteiger partial charge in [-0.05, 0) is 13.8 Å². The Bertz CT molecular complexity index is 585. The molecule has 0 bridgehead atoms. The summed E-state index contributed by atoms with van der Waals surface area (Å²) >= 11 is 1.42. The van der Waals surface area contributed by atoms with E-state index in [-0.39, 0.29) is 17.7 Å². The molecule has 5 nitrogen and oxygen atoms in total. The Labute approximate surface area is 123 Å². The van der Waals surface area contributed by atoms with Gasteiger partial charge in [-0.3, -0.25) is 0 Å². The van der Waals surface area contributed by atoms with Gasteiger partial charge in [0.05, 0.1) is 6.04 Å². The van der Waals surface area contributed by atoms with Crippen LogP contribution in [0.4, 0.5) is 24.8 Å². The molecule has 0 spiro atoms. The molecular weight excluding hydrogens is 303 g/mol. The maximum Gasteiger partial charge on any atom is 0.451 e. The first-order valence-corrected chi connectivity index (χ1v) is 7.14.